The molecule has 0 aromatic carbocycles. The molecule has 5 atom stereocenters. The summed E-state index contributed by atoms with van der Waals surface area (Å²) in [6.45, 7) is 0.870. The average molecular weight is 675 g/mol. The summed E-state index contributed by atoms with van der Waals surface area (Å²) in [7, 11) is 0. The molecule has 0 spiro atoms. The molecular weight excluding hydrogens is 653 g/mol. The van der Waals surface area contributed by atoms with Gasteiger partial charge in [-0.1, -0.05) is 6.92 Å². The quantitative estimate of drug-likeness (QED) is 0.182. The topological polar surface area (TPSA) is 147 Å². The maximum Gasteiger partial charge on any atom is 0.126 e. The molecule has 0 bridgehead atoms. The molecule has 0 saturated carbocycles. The Hall–Kier alpha value is 0.165. The van der Waals surface area contributed by atoms with E-state index in [0.29, 0.717) is 5.69 Å². The van der Waals surface area contributed by atoms with Gasteiger partial charge in [-0.3, -0.25) is 9.97 Å². The minimum absolute atomic E-state index is 0. The first kappa shape index (κ1) is 25.4. The van der Waals surface area contributed by atoms with Gasteiger partial charge in [0.2, 0.25) is 0 Å². The molecule has 23 heavy (non-hydrogen) atoms. The molecule has 10 heteroatoms. The van der Waals surface area contributed by atoms with E-state index >= 15 is 0 Å². The van der Waals surface area contributed by atoms with Gasteiger partial charge in [0.1, 0.15) is 18.3 Å². The van der Waals surface area contributed by atoms with Crippen LogP contribution in [0.4, 0.5) is 0 Å². The molecule has 0 fully saturated rings. The predicted octanol–water partition coefficient (Wildman–Crippen LogP) is -2.25. The van der Waals surface area contributed by atoms with Crippen molar-refractivity contribution in [3.8, 4) is 0 Å². The smallest absolute Gasteiger partial charge is 0.126 e. The van der Waals surface area contributed by atoms with E-state index in [2.05, 4.69) is 9.97 Å². The van der Waals surface area contributed by atoms with Crippen LogP contribution in [0.25, 0.3) is 0 Å². The zero-order chi connectivity index (χ0) is 16.0. The Bertz CT molecular complexity index is 425. The summed E-state index contributed by atoms with van der Waals surface area (Å²) in [6, 6.07) is 0. The van der Waals surface area contributed by atoms with E-state index in [1.54, 1.807) is 6.92 Å². The van der Waals surface area contributed by atoms with Crippen LogP contribution in [0, 0.1) is 5.92 Å². The van der Waals surface area contributed by atoms with Gasteiger partial charge in [-0.15, -0.1) is 0 Å². The maximum absolute atomic E-state index is 9.78. The first-order chi connectivity index (χ1) is 9.90. The van der Waals surface area contributed by atoms with E-state index < -0.39 is 31.0 Å². The monoisotopic (exact) mass is 676 g/mol. The molecule has 0 aliphatic carbocycles. The summed E-state index contributed by atoms with van der Waals surface area (Å²) >= 11 is 0. The molecule has 1 aromatic rings. The normalized spacial score (nSPS) is 17.2. The van der Waals surface area contributed by atoms with Crippen LogP contribution < -0.4 is 0 Å². The fraction of sp³-hybridized carbons (Fsp3) is 0.692. The fourth-order valence-electron chi connectivity index (χ4n) is 1.65. The molecule has 0 amide bonds. The molecule has 1 rings (SSSR count). The van der Waals surface area contributed by atoms with Crippen molar-refractivity contribution in [3.05, 3.63) is 23.8 Å². The van der Waals surface area contributed by atoms with Crippen molar-refractivity contribution in [1.29, 1.82) is 0 Å². The van der Waals surface area contributed by atoms with Crippen LogP contribution in [0.5, 0.6) is 0 Å². The number of aliphatic hydroxyl groups excluding tert-OH is 6. The summed E-state index contributed by atoms with van der Waals surface area (Å²) in [5, 5.41) is 56.0. The second kappa shape index (κ2) is 12.5. The summed E-state index contributed by atoms with van der Waals surface area (Å²) < 4.78 is 0. The molecule has 134 valence electrons. The van der Waals surface area contributed by atoms with Gasteiger partial charge in [0.15, 0.2) is 0 Å². The van der Waals surface area contributed by atoms with Crippen molar-refractivity contribution in [2.75, 3.05) is 13.2 Å². The van der Waals surface area contributed by atoms with Gasteiger partial charge in [0.25, 0.3) is 0 Å². The Kier molecular flexibility index (Phi) is 13.8. The third-order valence-electron chi connectivity index (χ3n) is 3.30. The number of nitrogens with zero attached hydrogens (tertiary/aromatic N) is 2. The van der Waals surface area contributed by atoms with E-state index in [4.69, 9.17) is 10.2 Å². The van der Waals surface area contributed by atoms with Crippen molar-refractivity contribution in [3.63, 3.8) is 0 Å². The van der Waals surface area contributed by atoms with Crippen LogP contribution >= 0.6 is 0 Å². The minimum atomic E-state index is -1.57. The number of rotatable bonds is 8. The van der Waals surface area contributed by atoms with Gasteiger partial charge in [0, 0.05) is 66.0 Å². The largest absolute Gasteiger partial charge is 0.396 e. The number of hydrogen-bond donors (Lipinski definition) is 6. The first-order valence-corrected chi connectivity index (χ1v) is 6.65. The van der Waals surface area contributed by atoms with Crippen LogP contribution in [0.2, 0.25) is 0 Å². The van der Waals surface area contributed by atoms with E-state index in [0.717, 1.165) is 0 Å². The van der Waals surface area contributed by atoms with E-state index in [1.807, 2.05) is 0 Å². The first-order valence-electron chi connectivity index (χ1n) is 6.65. The second-order valence-corrected chi connectivity index (χ2v) is 5.05. The van der Waals surface area contributed by atoms with Crippen LogP contribution in [0.1, 0.15) is 24.4 Å². The summed E-state index contributed by atoms with van der Waals surface area (Å²) in [5.74, 6) is -0.293. The number of aliphatic hydroxyl groups is 6. The summed E-state index contributed by atoms with van der Waals surface area (Å²) in [4.78, 5) is 7.92. The molecule has 1 heterocycles. The summed E-state index contributed by atoms with van der Waals surface area (Å²) in [6.07, 6.45) is -2.53. The molecule has 5 unspecified atom stereocenters. The average Bonchev–Trinajstić information content (AvgIpc) is 2.52. The molecule has 0 aliphatic rings. The van der Waals surface area contributed by atoms with Gasteiger partial charge in [-0.25, -0.2) is 0 Å². The molecule has 1 aromatic heterocycles. The predicted molar refractivity (Wildman–Crippen MR) is 72.1 cm³/mol. The third-order valence-corrected chi connectivity index (χ3v) is 3.30. The number of aromatic nitrogens is 2. The fourth-order valence-corrected chi connectivity index (χ4v) is 1.65. The molecule has 0 saturated heterocycles. The number of hydrogen-bond acceptors (Lipinski definition) is 8. The van der Waals surface area contributed by atoms with Crippen molar-refractivity contribution < 1.29 is 71.5 Å². The summed E-state index contributed by atoms with van der Waals surface area (Å²) in [5.41, 5.74) is 0.513. The van der Waals surface area contributed by atoms with Crippen LogP contribution in [0.3, 0.4) is 0 Å². The van der Waals surface area contributed by atoms with Gasteiger partial charge in [0.05, 0.1) is 30.3 Å². The van der Waals surface area contributed by atoms with E-state index in [9.17, 15) is 20.4 Å². The van der Waals surface area contributed by atoms with Crippen molar-refractivity contribution in [1.82, 2.24) is 9.97 Å². The Morgan fingerprint density at radius 1 is 0.913 bits per heavy atom. The molecule has 6 N–H and O–H groups in total. The second-order valence-electron chi connectivity index (χ2n) is 5.05. The molecule has 0 aliphatic heterocycles. The SMILES string of the molecule is CC(CO)C(O)Cc1cnc(C(O)C(O)C(O)CO)cn1.[Re].[Re]. The van der Waals surface area contributed by atoms with Gasteiger partial charge < -0.3 is 30.6 Å². The molecular formula is C13H22N2O6Re2. The van der Waals surface area contributed by atoms with Crippen LogP contribution in [-0.4, -0.2) is 72.1 Å². The molecule has 8 nitrogen and oxygen atoms in total. The van der Waals surface area contributed by atoms with Gasteiger partial charge in [-0.05, 0) is 0 Å². The Morgan fingerprint density at radius 3 is 1.96 bits per heavy atom. The van der Waals surface area contributed by atoms with Crippen LogP contribution in [0.15, 0.2) is 12.4 Å². The van der Waals surface area contributed by atoms with Crippen LogP contribution in [-0.2, 0) is 47.3 Å². The Morgan fingerprint density at radius 2 is 1.52 bits per heavy atom. The van der Waals surface area contributed by atoms with E-state index in [-0.39, 0.29) is 65.5 Å². The third kappa shape index (κ3) is 7.72. The van der Waals surface area contributed by atoms with Gasteiger partial charge >= 0.3 is 0 Å². The zero-order valence-corrected chi connectivity index (χ0v) is 17.9. The van der Waals surface area contributed by atoms with Gasteiger partial charge in [-0.2, -0.15) is 0 Å². The van der Waals surface area contributed by atoms with Crippen molar-refractivity contribution >= 4 is 0 Å². The van der Waals surface area contributed by atoms with Crippen molar-refractivity contribution in [2.24, 2.45) is 5.92 Å². The minimum Gasteiger partial charge on any atom is -0.396 e. The maximum atomic E-state index is 9.78. The van der Waals surface area contributed by atoms with E-state index in [1.165, 1.54) is 12.4 Å². The standard InChI is InChI=1S/C13H22N2O6.2Re/c1-7(5-16)10(18)2-8-3-15-9(4-14-8)12(20)13(21)11(19)6-17;;/h3-4,7,10-13,16-21H,2,5-6H2,1H3;;. The Labute approximate surface area is 161 Å². The molecule has 2 radical (unpaired) electrons. The van der Waals surface area contributed by atoms with Crippen molar-refractivity contribution in [2.45, 2.75) is 37.8 Å². The Balaban J connectivity index is 0. The zero-order valence-electron chi connectivity index (χ0n) is 12.5.